The van der Waals surface area contributed by atoms with Gasteiger partial charge < -0.3 is 0 Å². The molecule has 0 aromatic carbocycles. The summed E-state index contributed by atoms with van der Waals surface area (Å²) in [4.78, 5) is 8.25. The van der Waals surface area contributed by atoms with Crippen molar-refractivity contribution in [2.24, 2.45) is 0 Å². The molecule has 0 bridgehead atoms. The van der Waals surface area contributed by atoms with Gasteiger partial charge in [-0.1, -0.05) is 0 Å². The fraction of sp³-hybridized carbons (Fsp3) is 1.00. The van der Waals surface area contributed by atoms with Crippen molar-refractivity contribution in [1.29, 1.82) is 0 Å². The van der Waals surface area contributed by atoms with Crippen LogP contribution in [-0.2, 0) is 4.57 Å². The van der Waals surface area contributed by atoms with Crippen molar-refractivity contribution in [2.45, 2.75) is 19.9 Å². The molecule has 0 rings (SSSR count). The minimum absolute atomic E-state index is 0.201. The molecule has 0 aromatic rings. The molecule has 8 heavy (non-hydrogen) atoms. The molecule has 0 saturated heterocycles. The normalized spacial score (nSPS) is 12.2. The number of hydrogen-bond donors (Lipinski definition) is 2. The van der Waals surface area contributed by atoms with Gasteiger partial charge in [-0.25, -0.2) is 0 Å². The smallest absolute Gasteiger partial charge is 0.271 e. The number of hydrogen-bond acceptors (Lipinski definition) is 2. The molecule has 0 amide bonds. The summed E-state index contributed by atoms with van der Waals surface area (Å²) in [6, 6.07) is 0.293. The van der Waals surface area contributed by atoms with Crippen molar-refractivity contribution in [3.63, 3.8) is 0 Å². The topological polar surface area (TPSA) is 49.3 Å². The molecule has 4 heteroatoms. The largest absolute Gasteiger partial charge is 0.521 e. The predicted octanol–water partition coefficient (Wildman–Crippen LogP) is 0.677. The Hall–Kier alpha value is 0.0200. The van der Waals surface area contributed by atoms with E-state index in [1.54, 1.807) is 0 Å². The Balaban J connectivity index is 3.05. The SMILES string of the molecule is CC(C)NC[P+](=O)O. The fourth-order valence-corrected chi connectivity index (χ4v) is 0.782. The average molecular weight is 136 g/mol. The lowest BCUT2D eigenvalue weighted by Crippen LogP contribution is -2.21. The summed E-state index contributed by atoms with van der Waals surface area (Å²) in [5, 5.41) is 2.81. The van der Waals surface area contributed by atoms with E-state index in [2.05, 4.69) is 5.32 Å². The minimum Gasteiger partial charge on any atom is -0.271 e. The van der Waals surface area contributed by atoms with E-state index in [-0.39, 0.29) is 6.29 Å². The van der Waals surface area contributed by atoms with E-state index in [4.69, 9.17) is 4.89 Å². The van der Waals surface area contributed by atoms with Gasteiger partial charge in [0.25, 0.3) is 0 Å². The summed E-state index contributed by atoms with van der Waals surface area (Å²) in [6.45, 7) is 3.86. The molecule has 0 aliphatic heterocycles. The second-order valence-corrected chi connectivity index (χ2v) is 2.89. The van der Waals surface area contributed by atoms with E-state index in [1.807, 2.05) is 13.8 Å². The first kappa shape index (κ1) is 8.02. The summed E-state index contributed by atoms with van der Waals surface area (Å²) in [6.07, 6.45) is 0.201. The highest BCUT2D eigenvalue weighted by atomic mass is 31.1. The Bertz CT molecular complexity index is 84.1. The molecular formula is C4H11NO2P+. The van der Waals surface area contributed by atoms with Gasteiger partial charge in [-0.05, 0) is 18.4 Å². The Morgan fingerprint density at radius 3 is 2.38 bits per heavy atom. The second kappa shape index (κ2) is 3.96. The molecule has 0 aliphatic rings. The Morgan fingerprint density at radius 1 is 1.75 bits per heavy atom. The highest BCUT2D eigenvalue weighted by molar-refractivity contribution is 7.37. The Kier molecular flexibility index (Phi) is 3.97. The summed E-state index contributed by atoms with van der Waals surface area (Å²) in [5.74, 6) is 0. The predicted molar refractivity (Wildman–Crippen MR) is 33.0 cm³/mol. The monoisotopic (exact) mass is 136 g/mol. The molecule has 0 aromatic heterocycles. The third kappa shape index (κ3) is 6.02. The highest BCUT2D eigenvalue weighted by Gasteiger charge is 2.08. The van der Waals surface area contributed by atoms with Crippen LogP contribution < -0.4 is 5.32 Å². The molecule has 0 spiro atoms. The lowest BCUT2D eigenvalue weighted by atomic mass is 10.4. The van der Waals surface area contributed by atoms with E-state index in [0.717, 1.165) is 0 Å². The third-order valence-corrected chi connectivity index (χ3v) is 1.09. The first-order chi connectivity index (χ1) is 3.63. The first-order valence-electron chi connectivity index (χ1n) is 2.50. The van der Waals surface area contributed by atoms with Crippen LogP contribution in [0.4, 0.5) is 0 Å². The van der Waals surface area contributed by atoms with Crippen molar-refractivity contribution >= 4 is 8.03 Å². The quantitative estimate of drug-likeness (QED) is 0.561. The van der Waals surface area contributed by atoms with Gasteiger partial charge >= 0.3 is 8.03 Å². The van der Waals surface area contributed by atoms with Crippen molar-refractivity contribution in [3.05, 3.63) is 0 Å². The van der Waals surface area contributed by atoms with Gasteiger partial charge in [0, 0.05) is 6.04 Å². The van der Waals surface area contributed by atoms with E-state index >= 15 is 0 Å². The van der Waals surface area contributed by atoms with Crippen LogP contribution in [0, 0.1) is 0 Å². The lowest BCUT2D eigenvalue weighted by Gasteiger charge is -1.97. The molecule has 0 saturated carbocycles. The molecule has 1 unspecified atom stereocenters. The van der Waals surface area contributed by atoms with E-state index in [9.17, 15) is 4.57 Å². The van der Waals surface area contributed by atoms with Crippen molar-refractivity contribution in [3.8, 4) is 0 Å². The van der Waals surface area contributed by atoms with Crippen molar-refractivity contribution < 1.29 is 9.46 Å². The Labute approximate surface area is 50.0 Å². The zero-order valence-electron chi connectivity index (χ0n) is 5.09. The molecule has 0 heterocycles. The van der Waals surface area contributed by atoms with Gasteiger partial charge in [-0.15, -0.1) is 0 Å². The molecule has 0 aliphatic carbocycles. The molecule has 1 atom stereocenters. The maximum Gasteiger partial charge on any atom is 0.521 e. The summed E-state index contributed by atoms with van der Waals surface area (Å²) in [7, 11) is -1.99. The van der Waals surface area contributed by atoms with Crippen LogP contribution in [-0.4, -0.2) is 17.2 Å². The molecule has 0 fully saturated rings. The summed E-state index contributed by atoms with van der Waals surface area (Å²) >= 11 is 0. The van der Waals surface area contributed by atoms with Crippen LogP contribution in [0.15, 0.2) is 0 Å². The van der Waals surface area contributed by atoms with Crippen LogP contribution in [0.2, 0.25) is 0 Å². The fourth-order valence-electron chi connectivity index (χ4n) is 0.261. The van der Waals surface area contributed by atoms with Gasteiger partial charge in [-0.3, -0.25) is 5.32 Å². The first-order valence-corrected chi connectivity index (χ1v) is 3.89. The zero-order valence-corrected chi connectivity index (χ0v) is 5.98. The molecule has 48 valence electrons. The van der Waals surface area contributed by atoms with Crippen LogP contribution >= 0.6 is 8.03 Å². The maximum atomic E-state index is 9.99. The van der Waals surface area contributed by atoms with Gasteiger partial charge in [0.2, 0.25) is 6.29 Å². The van der Waals surface area contributed by atoms with Crippen LogP contribution in [0.3, 0.4) is 0 Å². The number of rotatable bonds is 3. The summed E-state index contributed by atoms with van der Waals surface area (Å²) < 4.78 is 9.99. The van der Waals surface area contributed by atoms with Crippen molar-refractivity contribution in [2.75, 3.05) is 6.29 Å². The van der Waals surface area contributed by atoms with Crippen LogP contribution in [0.1, 0.15) is 13.8 Å². The highest BCUT2D eigenvalue weighted by Crippen LogP contribution is 2.08. The van der Waals surface area contributed by atoms with E-state index in [1.165, 1.54) is 0 Å². The third-order valence-electron chi connectivity index (χ3n) is 0.635. The maximum absolute atomic E-state index is 9.99. The average Bonchev–Trinajstić information content (AvgIpc) is 1.61. The Morgan fingerprint density at radius 2 is 2.25 bits per heavy atom. The summed E-state index contributed by atoms with van der Waals surface area (Å²) in [5.41, 5.74) is 0. The van der Waals surface area contributed by atoms with Gasteiger partial charge in [0.1, 0.15) is 0 Å². The standard InChI is InChI=1S/C4H10NO2P/c1-4(2)5-3-8(6)7/h4-5H,3H2,1-2H3/p+1. The zero-order chi connectivity index (χ0) is 6.57. The van der Waals surface area contributed by atoms with Crippen LogP contribution in [0.25, 0.3) is 0 Å². The van der Waals surface area contributed by atoms with E-state index < -0.39 is 8.03 Å². The van der Waals surface area contributed by atoms with Gasteiger partial charge in [0.05, 0.1) is 0 Å². The van der Waals surface area contributed by atoms with Crippen LogP contribution in [0.5, 0.6) is 0 Å². The van der Waals surface area contributed by atoms with Crippen molar-refractivity contribution in [1.82, 2.24) is 5.32 Å². The van der Waals surface area contributed by atoms with Gasteiger partial charge in [-0.2, -0.15) is 4.89 Å². The molecule has 3 nitrogen and oxygen atoms in total. The number of nitrogens with one attached hydrogen (secondary N) is 1. The molecule has 2 N–H and O–H groups in total. The van der Waals surface area contributed by atoms with Gasteiger partial charge in [0.15, 0.2) is 0 Å². The lowest BCUT2D eigenvalue weighted by molar-refractivity contribution is 0.491. The molecule has 0 radical (unpaired) electrons. The minimum atomic E-state index is -1.99. The second-order valence-electron chi connectivity index (χ2n) is 1.87. The molecular weight excluding hydrogens is 125 g/mol. The van der Waals surface area contributed by atoms with E-state index in [0.29, 0.717) is 6.04 Å².